The smallest absolute Gasteiger partial charge is 0.285 e. The van der Waals surface area contributed by atoms with Gasteiger partial charge >= 0.3 is 6.18 Å². The van der Waals surface area contributed by atoms with Crippen molar-refractivity contribution in [1.82, 2.24) is 5.43 Å². The zero-order valence-electron chi connectivity index (χ0n) is 17.3. The summed E-state index contributed by atoms with van der Waals surface area (Å²) < 4.78 is 38.9. The lowest BCUT2D eigenvalue weighted by Gasteiger charge is -2.26. The number of rotatable bonds is 6. The van der Waals surface area contributed by atoms with E-state index in [0.717, 1.165) is 42.2 Å². The molecule has 4 rings (SSSR count). The molecule has 2 atom stereocenters. The molecule has 0 saturated heterocycles. The number of dihydropyridines is 1. The monoisotopic (exact) mass is 456 g/mol. The molecular weight excluding hydrogens is 433 g/mol. The predicted molar refractivity (Wildman–Crippen MR) is 126 cm³/mol. The van der Waals surface area contributed by atoms with Crippen LogP contribution in [-0.2, 0) is 12.6 Å². The minimum absolute atomic E-state index is 0.0576. The number of nitrogens with one attached hydrogen (secondary N) is 1. The van der Waals surface area contributed by atoms with Crippen molar-refractivity contribution in [2.24, 2.45) is 15.1 Å². The van der Waals surface area contributed by atoms with Crippen molar-refractivity contribution in [2.75, 3.05) is 5.75 Å². The third-order valence-electron chi connectivity index (χ3n) is 5.19. The molecule has 0 fully saturated rings. The van der Waals surface area contributed by atoms with Gasteiger partial charge in [0, 0.05) is 11.8 Å². The lowest BCUT2D eigenvalue weighted by molar-refractivity contribution is -0.137. The third-order valence-corrected chi connectivity index (χ3v) is 6.25. The van der Waals surface area contributed by atoms with E-state index in [1.807, 2.05) is 30.4 Å². The van der Waals surface area contributed by atoms with Crippen LogP contribution in [0.4, 0.5) is 13.2 Å². The second kappa shape index (κ2) is 10.2. The zero-order valence-corrected chi connectivity index (χ0v) is 18.1. The number of thioether (sulfide) groups is 1. The van der Waals surface area contributed by atoms with Gasteiger partial charge in [-0.1, -0.05) is 48.5 Å². The van der Waals surface area contributed by atoms with Crippen LogP contribution >= 0.6 is 11.8 Å². The fourth-order valence-corrected chi connectivity index (χ4v) is 4.45. The van der Waals surface area contributed by atoms with E-state index in [0.29, 0.717) is 11.3 Å². The second-order valence-electron chi connectivity index (χ2n) is 7.51. The third kappa shape index (κ3) is 5.68. The minimum Gasteiger partial charge on any atom is -0.285 e. The molecule has 2 aliphatic rings. The normalized spacial score (nSPS) is 20.5. The van der Waals surface area contributed by atoms with Crippen molar-refractivity contribution in [3.63, 3.8) is 0 Å². The number of aliphatic imine (C=N–C) groups is 2. The average Bonchev–Trinajstić information content (AvgIpc) is 2.82. The molecular formula is C24H23F3N4S. The first-order valence-corrected chi connectivity index (χ1v) is 11.4. The fourth-order valence-electron chi connectivity index (χ4n) is 3.48. The molecule has 2 heterocycles. The molecule has 0 radical (unpaired) electrons. The maximum absolute atomic E-state index is 13.0. The van der Waals surface area contributed by atoms with Crippen LogP contribution in [0.15, 0.2) is 81.8 Å². The Kier molecular flexibility index (Phi) is 7.09. The highest BCUT2D eigenvalue weighted by atomic mass is 32.2. The van der Waals surface area contributed by atoms with Gasteiger partial charge in [-0.25, -0.2) is 4.99 Å². The van der Waals surface area contributed by atoms with Crippen molar-refractivity contribution in [3.8, 4) is 0 Å². The second-order valence-corrected chi connectivity index (χ2v) is 8.59. The lowest BCUT2D eigenvalue weighted by atomic mass is 10.1. The van der Waals surface area contributed by atoms with Gasteiger partial charge in [0.1, 0.15) is 10.8 Å². The molecule has 0 aromatic heterocycles. The van der Waals surface area contributed by atoms with Crippen LogP contribution in [0.2, 0.25) is 0 Å². The topological polar surface area (TPSA) is 49.1 Å². The molecule has 32 heavy (non-hydrogen) atoms. The Morgan fingerprint density at radius 1 is 1.03 bits per heavy atom. The molecule has 2 aromatic rings. The molecule has 4 nitrogen and oxygen atoms in total. The minimum atomic E-state index is -4.37. The molecule has 1 unspecified atom stereocenters. The van der Waals surface area contributed by atoms with Crippen molar-refractivity contribution < 1.29 is 13.2 Å². The number of alkyl halides is 3. The Labute approximate surface area is 189 Å². The first-order chi connectivity index (χ1) is 15.5. The Balaban J connectivity index is 1.48. The van der Waals surface area contributed by atoms with Gasteiger partial charge in [0.2, 0.25) is 0 Å². The van der Waals surface area contributed by atoms with Gasteiger partial charge in [-0.15, -0.1) is 11.8 Å². The molecule has 0 amide bonds. The van der Waals surface area contributed by atoms with Gasteiger partial charge in [0.15, 0.2) is 6.17 Å². The molecule has 166 valence electrons. The van der Waals surface area contributed by atoms with Crippen molar-refractivity contribution in [1.29, 1.82) is 0 Å². The number of aryl methyl sites for hydroxylation is 1. The van der Waals surface area contributed by atoms with E-state index in [4.69, 9.17) is 4.99 Å². The molecule has 0 saturated carbocycles. The maximum Gasteiger partial charge on any atom is 0.416 e. The molecule has 2 aromatic carbocycles. The van der Waals surface area contributed by atoms with Crippen LogP contribution in [0.5, 0.6) is 0 Å². The molecule has 0 aliphatic carbocycles. The number of hydrogen-bond acceptors (Lipinski definition) is 5. The highest BCUT2D eigenvalue weighted by Crippen LogP contribution is 2.30. The Morgan fingerprint density at radius 3 is 2.50 bits per heavy atom. The highest BCUT2D eigenvalue weighted by molar-refractivity contribution is 8.15. The van der Waals surface area contributed by atoms with Crippen molar-refractivity contribution >= 4 is 28.7 Å². The van der Waals surface area contributed by atoms with Crippen molar-refractivity contribution in [3.05, 3.63) is 83.4 Å². The SMILES string of the molecule is FC(F)(F)c1ccc(C2=NN[C@@H](C3CC=CC=N3)N=C2SCCCc2ccccc2)cc1. The van der Waals surface area contributed by atoms with Gasteiger partial charge in [-0.3, -0.25) is 10.4 Å². The summed E-state index contributed by atoms with van der Waals surface area (Å²) in [4.78, 5) is 9.32. The lowest BCUT2D eigenvalue weighted by Crippen LogP contribution is -2.40. The van der Waals surface area contributed by atoms with Gasteiger partial charge < -0.3 is 0 Å². The number of allylic oxidation sites excluding steroid dienone is 1. The molecule has 8 heteroatoms. The first-order valence-electron chi connectivity index (χ1n) is 10.4. The van der Waals surface area contributed by atoms with Crippen LogP contribution in [0.3, 0.4) is 0 Å². The summed E-state index contributed by atoms with van der Waals surface area (Å²) in [6, 6.07) is 15.3. The highest BCUT2D eigenvalue weighted by Gasteiger charge is 2.31. The average molecular weight is 457 g/mol. The summed E-state index contributed by atoms with van der Waals surface area (Å²) in [6.07, 6.45) is 3.69. The molecule has 2 aliphatic heterocycles. The number of nitrogens with zero attached hydrogens (tertiary/aromatic N) is 3. The van der Waals surface area contributed by atoms with E-state index in [2.05, 4.69) is 27.7 Å². The van der Waals surface area contributed by atoms with E-state index >= 15 is 0 Å². The number of halogens is 3. The summed E-state index contributed by atoms with van der Waals surface area (Å²) in [5, 5.41) is 5.23. The fraction of sp³-hybridized carbons (Fsp3) is 0.292. The molecule has 1 N–H and O–H groups in total. The quantitative estimate of drug-likeness (QED) is 0.584. The zero-order chi connectivity index (χ0) is 22.4. The van der Waals surface area contributed by atoms with Gasteiger partial charge in [0.05, 0.1) is 11.6 Å². The molecule has 0 spiro atoms. The summed E-state index contributed by atoms with van der Waals surface area (Å²) >= 11 is 1.58. The van der Waals surface area contributed by atoms with Crippen LogP contribution in [0.25, 0.3) is 0 Å². The summed E-state index contributed by atoms with van der Waals surface area (Å²) in [5.74, 6) is 0.827. The van der Waals surface area contributed by atoms with E-state index in [-0.39, 0.29) is 12.2 Å². The number of hydrazone groups is 1. The summed E-state index contributed by atoms with van der Waals surface area (Å²) in [7, 11) is 0. The largest absolute Gasteiger partial charge is 0.416 e. The number of hydrogen-bond donors (Lipinski definition) is 1. The van der Waals surface area contributed by atoms with E-state index < -0.39 is 11.7 Å². The van der Waals surface area contributed by atoms with Crippen LogP contribution in [0.1, 0.15) is 29.5 Å². The van der Waals surface area contributed by atoms with E-state index in [1.54, 1.807) is 18.0 Å². The van der Waals surface area contributed by atoms with Crippen LogP contribution in [0, 0.1) is 0 Å². The van der Waals surface area contributed by atoms with Crippen molar-refractivity contribution in [2.45, 2.75) is 37.6 Å². The Bertz CT molecular complexity index is 1030. The molecule has 0 bridgehead atoms. The van der Waals surface area contributed by atoms with Gasteiger partial charge in [-0.05, 0) is 48.8 Å². The predicted octanol–water partition coefficient (Wildman–Crippen LogP) is 5.50. The first kappa shape index (κ1) is 22.3. The van der Waals surface area contributed by atoms with Gasteiger partial charge in [-0.2, -0.15) is 18.3 Å². The van der Waals surface area contributed by atoms with E-state index in [9.17, 15) is 13.2 Å². The standard InChI is InChI=1S/C24H23F3N4S/c25-24(26,27)19-13-11-18(12-14-19)21-23(32-16-6-9-17-7-2-1-3-8-17)29-22(31-30-21)20-10-4-5-15-28-20/h1-5,7-8,11-15,20,22,31H,6,9-10,16H2/t20?,22-/m0/s1. The Morgan fingerprint density at radius 2 is 1.81 bits per heavy atom. The van der Waals surface area contributed by atoms with Crippen LogP contribution < -0.4 is 5.43 Å². The van der Waals surface area contributed by atoms with Crippen LogP contribution in [-0.4, -0.2) is 34.9 Å². The summed E-state index contributed by atoms with van der Waals surface area (Å²) in [5.41, 5.74) is 4.81. The van der Waals surface area contributed by atoms with E-state index in [1.165, 1.54) is 17.7 Å². The van der Waals surface area contributed by atoms with Gasteiger partial charge in [0.25, 0.3) is 0 Å². The summed E-state index contributed by atoms with van der Waals surface area (Å²) in [6.45, 7) is 0. The number of benzene rings is 2. The Hall–Kier alpha value is -2.87. The maximum atomic E-state index is 13.0.